The molecule has 11 unspecified atom stereocenters. The first-order valence-electron chi connectivity index (χ1n) is 21.3. The van der Waals surface area contributed by atoms with Crippen molar-refractivity contribution >= 4 is 11.9 Å². The first-order chi connectivity index (χ1) is 27.0. The highest BCUT2D eigenvalue weighted by Crippen LogP contribution is 2.26. The Balaban J connectivity index is 1.74. The number of rotatable bonds is 31. The van der Waals surface area contributed by atoms with Crippen LogP contribution >= 0.6 is 0 Å². The van der Waals surface area contributed by atoms with E-state index in [4.69, 9.17) is 28.4 Å². The zero-order valence-corrected chi connectivity index (χ0v) is 33.9. The summed E-state index contributed by atoms with van der Waals surface area (Å²) in [6.45, 7) is 2.29. The van der Waals surface area contributed by atoms with Crippen LogP contribution in [0.1, 0.15) is 142 Å². The Labute approximate surface area is 333 Å². The van der Waals surface area contributed by atoms with Gasteiger partial charge in [-0.1, -0.05) is 103 Å². The Morgan fingerprint density at radius 3 is 1.61 bits per heavy atom. The summed E-state index contributed by atoms with van der Waals surface area (Å²) in [5, 5.41) is 71.4. The molecule has 15 heteroatoms. The Morgan fingerprint density at radius 2 is 1.04 bits per heavy atom. The van der Waals surface area contributed by atoms with Crippen molar-refractivity contribution < 1.29 is 73.8 Å². The molecule has 0 aromatic heterocycles. The molecule has 0 radical (unpaired) electrons. The van der Waals surface area contributed by atoms with Crippen LogP contribution in [0.2, 0.25) is 0 Å². The molecule has 2 aliphatic heterocycles. The van der Waals surface area contributed by atoms with Crippen LogP contribution in [0, 0.1) is 0 Å². The van der Waals surface area contributed by atoms with E-state index in [0.29, 0.717) is 12.8 Å². The fourth-order valence-electron chi connectivity index (χ4n) is 6.60. The van der Waals surface area contributed by atoms with Gasteiger partial charge in [-0.3, -0.25) is 9.59 Å². The number of aliphatic hydroxyl groups is 7. The second-order valence-electron chi connectivity index (χ2n) is 15.2. The van der Waals surface area contributed by atoms with Crippen molar-refractivity contribution in [1.82, 2.24) is 0 Å². The smallest absolute Gasteiger partial charge is 0.306 e. The van der Waals surface area contributed by atoms with Gasteiger partial charge in [-0.15, -0.1) is 0 Å². The lowest BCUT2D eigenvalue weighted by Crippen LogP contribution is -2.61. The van der Waals surface area contributed by atoms with Crippen molar-refractivity contribution in [2.24, 2.45) is 0 Å². The number of ether oxygens (including phenoxy) is 6. The van der Waals surface area contributed by atoms with Crippen LogP contribution in [-0.2, 0) is 38.0 Å². The SMILES string of the molecule is CCCCCCCCC/C=C\CCCCCCCCCC(=O)OC(COC(=O)CCCC)COC1OC(COC2OC(CO)C(O)C(O)C2O)C(O)C(O)C1O. The van der Waals surface area contributed by atoms with Gasteiger partial charge >= 0.3 is 11.9 Å². The summed E-state index contributed by atoms with van der Waals surface area (Å²) in [4.78, 5) is 25.0. The molecule has 2 aliphatic rings. The quantitative estimate of drug-likeness (QED) is 0.0302. The molecule has 0 saturated carbocycles. The number of hydrogen-bond donors (Lipinski definition) is 7. The summed E-state index contributed by atoms with van der Waals surface area (Å²) >= 11 is 0. The molecule has 328 valence electrons. The predicted molar refractivity (Wildman–Crippen MR) is 206 cm³/mol. The third kappa shape index (κ3) is 19.8. The van der Waals surface area contributed by atoms with Crippen LogP contribution in [-0.4, -0.2) is 142 Å². The van der Waals surface area contributed by atoms with Crippen molar-refractivity contribution in [2.75, 3.05) is 26.4 Å². The molecular weight excluding hydrogens is 732 g/mol. The third-order valence-electron chi connectivity index (χ3n) is 10.2. The largest absolute Gasteiger partial charge is 0.462 e. The molecule has 0 amide bonds. The second-order valence-corrected chi connectivity index (χ2v) is 15.2. The summed E-state index contributed by atoms with van der Waals surface area (Å²) < 4.78 is 33.0. The summed E-state index contributed by atoms with van der Waals surface area (Å²) in [7, 11) is 0. The molecule has 15 nitrogen and oxygen atoms in total. The van der Waals surface area contributed by atoms with Gasteiger partial charge in [-0.05, 0) is 38.5 Å². The molecule has 7 N–H and O–H groups in total. The minimum Gasteiger partial charge on any atom is -0.462 e. The highest BCUT2D eigenvalue weighted by atomic mass is 16.7. The highest BCUT2D eigenvalue weighted by molar-refractivity contribution is 5.70. The van der Waals surface area contributed by atoms with Crippen LogP contribution in [0.4, 0.5) is 0 Å². The standard InChI is InChI=1S/C41H74O15/c1-3-5-7-8-9-10-11-12-13-14-15-16-17-18-19-20-21-22-24-33(44)54-29(26-51-32(43)23-6-4-2)27-52-40-39(50)37(48)35(46)31(56-40)28-53-41-38(49)36(47)34(45)30(25-42)55-41/h13-14,29-31,34-42,45-50H,3-12,15-28H2,1-2H3/b14-13-. The molecule has 0 bridgehead atoms. The fourth-order valence-corrected chi connectivity index (χ4v) is 6.60. The Bertz CT molecular complexity index is 1040. The molecule has 2 saturated heterocycles. The number of unbranched alkanes of at least 4 members (excludes halogenated alkanes) is 15. The summed E-state index contributed by atoms with van der Waals surface area (Å²) in [5.74, 6) is -0.969. The normalized spacial score (nSPS) is 28.7. The van der Waals surface area contributed by atoms with E-state index < -0.39 is 92.7 Å². The van der Waals surface area contributed by atoms with Gasteiger partial charge in [0.15, 0.2) is 18.7 Å². The Kier molecular flexibility index (Phi) is 27.3. The molecule has 2 heterocycles. The molecule has 2 fully saturated rings. The van der Waals surface area contributed by atoms with Gasteiger partial charge in [0, 0.05) is 12.8 Å². The first kappa shape index (κ1) is 50.4. The molecule has 0 aromatic rings. The Hall–Kier alpha value is -1.76. The topological polar surface area (TPSA) is 231 Å². The zero-order chi connectivity index (χ0) is 41.1. The number of carbonyl (C=O) groups is 2. The van der Waals surface area contributed by atoms with Crippen molar-refractivity contribution in [1.29, 1.82) is 0 Å². The number of allylic oxidation sites excluding steroid dienone is 2. The van der Waals surface area contributed by atoms with Crippen molar-refractivity contribution in [3.63, 3.8) is 0 Å². The van der Waals surface area contributed by atoms with Crippen molar-refractivity contribution in [3.05, 3.63) is 12.2 Å². The average Bonchev–Trinajstić information content (AvgIpc) is 3.19. The zero-order valence-electron chi connectivity index (χ0n) is 33.9. The van der Waals surface area contributed by atoms with Gasteiger partial charge in [0.2, 0.25) is 0 Å². The minimum absolute atomic E-state index is 0.161. The lowest BCUT2D eigenvalue weighted by Gasteiger charge is -2.42. The lowest BCUT2D eigenvalue weighted by atomic mass is 9.98. The van der Waals surface area contributed by atoms with Gasteiger partial charge in [0.25, 0.3) is 0 Å². The van der Waals surface area contributed by atoms with Crippen LogP contribution in [0.3, 0.4) is 0 Å². The van der Waals surface area contributed by atoms with Gasteiger partial charge in [0.1, 0.15) is 55.4 Å². The first-order valence-corrected chi connectivity index (χ1v) is 21.3. The number of carbonyl (C=O) groups excluding carboxylic acids is 2. The summed E-state index contributed by atoms with van der Waals surface area (Å²) in [5.41, 5.74) is 0. The van der Waals surface area contributed by atoms with E-state index in [2.05, 4.69) is 19.1 Å². The molecule has 11 atom stereocenters. The number of esters is 2. The van der Waals surface area contributed by atoms with E-state index in [9.17, 15) is 45.3 Å². The second kappa shape index (κ2) is 30.3. The van der Waals surface area contributed by atoms with Gasteiger partial charge in [0.05, 0.1) is 19.8 Å². The van der Waals surface area contributed by atoms with Crippen LogP contribution in [0.25, 0.3) is 0 Å². The van der Waals surface area contributed by atoms with Crippen LogP contribution in [0.15, 0.2) is 12.2 Å². The minimum atomic E-state index is -1.76. The highest BCUT2D eigenvalue weighted by Gasteiger charge is 2.47. The van der Waals surface area contributed by atoms with Crippen molar-refractivity contribution in [2.45, 2.75) is 210 Å². The van der Waals surface area contributed by atoms with Gasteiger partial charge < -0.3 is 64.2 Å². The molecule has 2 rings (SSSR count). The predicted octanol–water partition coefficient (Wildman–Crippen LogP) is 3.48. The van der Waals surface area contributed by atoms with E-state index in [1.807, 2.05) is 6.92 Å². The number of hydrogen-bond acceptors (Lipinski definition) is 15. The van der Waals surface area contributed by atoms with Crippen molar-refractivity contribution in [3.8, 4) is 0 Å². The molecule has 0 spiro atoms. The average molecular weight is 807 g/mol. The maximum Gasteiger partial charge on any atom is 0.306 e. The van der Waals surface area contributed by atoms with E-state index in [1.54, 1.807) is 0 Å². The van der Waals surface area contributed by atoms with Gasteiger partial charge in [-0.2, -0.15) is 0 Å². The van der Waals surface area contributed by atoms with Crippen LogP contribution in [0.5, 0.6) is 0 Å². The maximum atomic E-state index is 12.8. The monoisotopic (exact) mass is 807 g/mol. The van der Waals surface area contributed by atoms with E-state index in [-0.39, 0.29) is 26.1 Å². The third-order valence-corrected chi connectivity index (χ3v) is 10.2. The molecule has 0 aliphatic carbocycles. The van der Waals surface area contributed by atoms with E-state index in [1.165, 1.54) is 64.2 Å². The lowest BCUT2D eigenvalue weighted by molar-refractivity contribution is -0.332. The van der Waals surface area contributed by atoms with E-state index in [0.717, 1.165) is 38.5 Å². The number of aliphatic hydroxyl groups excluding tert-OH is 7. The molecule has 0 aromatic carbocycles. The van der Waals surface area contributed by atoms with E-state index >= 15 is 0 Å². The maximum absolute atomic E-state index is 12.8. The molecule has 56 heavy (non-hydrogen) atoms. The molecular formula is C41H74O15. The summed E-state index contributed by atoms with van der Waals surface area (Å²) in [6, 6.07) is 0. The van der Waals surface area contributed by atoms with Gasteiger partial charge in [-0.25, -0.2) is 0 Å². The Morgan fingerprint density at radius 1 is 0.554 bits per heavy atom. The fraction of sp³-hybridized carbons (Fsp3) is 0.902. The summed E-state index contributed by atoms with van der Waals surface area (Å²) in [6.07, 6.45) is 8.33. The van der Waals surface area contributed by atoms with Crippen LogP contribution < -0.4 is 0 Å².